The van der Waals surface area contributed by atoms with Crippen molar-refractivity contribution in [3.63, 3.8) is 0 Å². The van der Waals surface area contributed by atoms with E-state index in [-0.39, 0.29) is 17.7 Å². The van der Waals surface area contributed by atoms with Crippen molar-refractivity contribution in [3.8, 4) is 0 Å². The summed E-state index contributed by atoms with van der Waals surface area (Å²) < 4.78 is 0. The summed E-state index contributed by atoms with van der Waals surface area (Å²) in [4.78, 5) is 23.6. The van der Waals surface area contributed by atoms with Gasteiger partial charge in [0, 0.05) is 5.41 Å². The number of aliphatic carboxylic acids is 1. The van der Waals surface area contributed by atoms with Crippen LogP contribution in [-0.4, -0.2) is 22.5 Å². The van der Waals surface area contributed by atoms with Gasteiger partial charge in [0.15, 0.2) is 0 Å². The fraction of sp³-hybridized carbons (Fsp3) is 0.867. The monoisotopic (exact) mass is 267 g/mol. The van der Waals surface area contributed by atoms with Crippen molar-refractivity contribution in [2.45, 2.75) is 76.7 Å². The van der Waals surface area contributed by atoms with Gasteiger partial charge in [-0.05, 0) is 25.7 Å². The maximum absolute atomic E-state index is 12.6. The first-order valence-electron chi connectivity index (χ1n) is 7.50. The molecule has 0 aromatic heterocycles. The standard InChI is InChI=1S/C15H25NO3/c1-14(7-3-2-4-8-14)13(19)16-15(11-12(17)18)9-5-6-10-15/h2-11H2,1H3,(H,16,19)(H,17,18). The first kappa shape index (κ1) is 14.4. The molecule has 0 saturated heterocycles. The normalized spacial score (nSPS) is 24.9. The van der Waals surface area contributed by atoms with Crippen LogP contribution >= 0.6 is 0 Å². The quantitative estimate of drug-likeness (QED) is 0.823. The molecule has 2 fully saturated rings. The van der Waals surface area contributed by atoms with E-state index in [1.54, 1.807) is 0 Å². The van der Waals surface area contributed by atoms with Crippen molar-refractivity contribution < 1.29 is 14.7 Å². The number of amides is 1. The van der Waals surface area contributed by atoms with Gasteiger partial charge >= 0.3 is 5.97 Å². The van der Waals surface area contributed by atoms with E-state index in [0.717, 1.165) is 51.4 Å². The van der Waals surface area contributed by atoms with Crippen LogP contribution in [0.1, 0.15) is 71.1 Å². The molecule has 0 unspecified atom stereocenters. The molecular weight excluding hydrogens is 242 g/mol. The third-order valence-electron chi connectivity index (χ3n) is 4.93. The first-order chi connectivity index (χ1) is 8.96. The van der Waals surface area contributed by atoms with Gasteiger partial charge in [-0.25, -0.2) is 0 Å². The molecule has 0 bridgehead atoms. The summed E-state index contributed by atoms with van der Waals surface area (Å²) in [6, 6.07) is 0. The smallest absolute Gasteiger partial charge is 0.305 e. The molecule has 0 aromatic rings. The average molecular weight is 267 g/mol. The highest BCUT2D eigenvalue weighted by atomic mass is 16.4. The lowest BCUT2D eigenvalue weighted by Crippen LogP contribution is -2.53. The molecule has 0 heterocycles. The Bertz CT molecular complexity index is 352. The molecule has 2 aliphatic carbocycles. The number of carbonyl (C=O) groups excluding carboxylic acids is 1. The van der Waals surface area contributed by atoms with Crippen LogP contribution in [0.4, 0.5) is 0 Å². The Balaban J connectivity index is 2.04. The number of carboxylic acid groups (broad SMARTS) is 1. The molecule has 2 aliphatic rings. The van der Waals surface area contributed by atoms with E-state index in [9.17, 15) is 9.59 Å². The van der Waals surface area contributed by atoms with Gasteiger partial charge < -0.3 is 10.4 Å². The van der Waals surface area contributed by atoms with E-state index in [1.165, 1.54) is 6.42 Å². The minimum atomic E-state index is -0.809. The molecule has 108 valence electrons. The van der Waals surface area contributed by atoms with Gasteiger partial charge in [0.2, 0.25) is 5.91 Å². The van der Waals surface area contributed by atoms with Crippen LogP contribution in [0.5, 0.6) is 0 Å². The molecule has 19 heavy (non-hydrogen) atoms. The summed E-state index contributed by atoms with van der Waals surface area (Å²) in [5, 5.41) is 12.2. The average Bonchev–Trinajstić information content (AvgIpc) is 2.77. The number of hydrogen-bond donors (Lipinski definition) is 2. The molecule has 2 saturated carbocycles. The molecular formula is C15H25NO3. The fourth-order valence-corrected chi connectivity index (χ4v) is 3.64. The Hall–Kier alpha value is -1.06. The third kappa shape index (κ3) is 3.28. The molecule has 2 rings (SSSR count). The lowest BCUT2D eigenvalue weighted by Gasteiger charge is -2.37. The van der Waals surface area contributed by atoms with Gasteiger partial charge in [0.25, 0.3) is 0 Å². The predicted molar refractivity (Wildman–Crippen MR) is 72.8 cm³/mol. The lowest BCUT2D eigenvalue weighted by atomic mass is 9.74. The molecule has 1 amide bonds. The summed E-state index contributed by atoms with van der Waals surface area (Å²) in [6.07, 6.45) is 9.00. The van der Waals surface area contributed by atoms with Crippen molar-refractivity contribution >= 4 is 11.9 Å². The second kappa shape index (κ2) is 5.51. The van der Waals surface area contributed by atoms with Gasteiger partial charge in [-0.1, -0.05) is 39.0 Å². The number of carboxylic acids is 1. The summed E-state index contributed by atoms with van der Waals surface area (Å²) in [5.41, 5.74) is -0.768. The van der Waals surface area contributed by atoms with Crippen molar-refractivity contribution in [3.05, 3.63) is 0 Å². The van der Waals surface area contributed by atoms with Gasteiger partial charge in [-0.2, -0.15) is 0 Å². The summed E-state index contributed by atoms with van der Waals surface area (Å²) >= 11 is 0. The zero-order valence-electron chi connectivity index (χ0n) is 11.8. The van der Waals surface area contributed by atoms with Crippen molar-refractivity contribution in [1.82, 2.24) is 5.32 Å². The fourth-order valence-electron chi connectivity index (χ4n) is 3.64. The number of nitrogens with one attached hydrogen (secondary N) is 1. The predicted octanol–water partition coefficient (Wildman–Crippen LogP) is 2.86. The second-order valence-electron chi connectivity index (χ2n) is 6.63. The van der Waals surface area contributed by atoms with Crippen molar-refractivity contribution in [2.24, 2.45) is 5.41 Å². The van der Waals surface area contributed by atoms with E-state index < -0.39 is 11.5 Å². The van der Waals surface area contributed by atoms with Crippen molar-refractivity contribution in [2.75, 3.05) is 0 Å². The zero-order valence-corrected chi connectivity index (χ0v) is 11.8. The Morgan fingerprint density at radius 2 is 1.53 bits per heavy atom. The first-order valence-corrected chi connectivity index (χ1v) is 7.50. The van der Waals surface area contributed by atoms with Gasteiger partial charge in [-0.15, -0.1) is 0 Å². The van der Waals surface area contributed by atoms with Crippen LogP contribution in [0.3, 0.4) is 0 Å². The Morgan fingerprint density at radius 1 is 1.00 bits per heavy atom. The molecule has 4 nitrogen and oxygen atoms in total. The van der Waals surface area contributed by atoms with Crippen LogP contribution in [-0.2, 0) is 9.59 Å². The van der Waals surface area contributed by atoms with Gasteiger partial charge in [-0.3, -0.25) is 9.59 Å². The van der Waals surface area contributed by atoms with Gasteiger partial charge in [0.1, 0.15) is 0 Å². The Morgan fingerprint density at radius 3 is 2.05 bits per heavy atom. The molecule has 0 aromatic carbocycles. The van der Waals surface area contributed by atoms with E-state index in [4.69, 9.17) is 5.11 Å². The minimum Gasteiger partial charge on any atom is -0.481 e. The maximum atomic E-state index is 12.6. The summed E-state index contributed by atoms with van der Waals surface area (Å²) in [5.74, 6) is -0.730. The topological polar surface area (TPSA) is 66.4 Å². The van der Waals surface area contributed by atoms with Crippen LogP contribution < -0.4 is 5.32 Å². The lowest BCUT2D eigenvalue weighted by molar-refractivity contribution is -0.140. The molecule has 4 heteroatoms. The highest BCUT2D eigenvalue weighted by Crippen LogP contribution is 2.39. The molecule has 0 aliphatic heterocycles. The van der Waals surface area contributed by atoms with E-state index in [1.807, 2.05) is 6.92 Å². The largest absolute Gasteiger partial charge is 0.481 e. The maximum Gasteiger partial charge on any atom is 0.305 e. The second-order valence-corrected chi connectivity index (χ2v) is 6.63. The molecule has 2 N–H and O–H groups in total. The molecule has 0 radical (unpaired) electrons. The third-order valence-corrected chi connectivity index (χ3v) is 4.93. The number of hydrogen-bond acceptors (Lipinski definition) is 2. The molecule has 0 atom stereocenters. The summed E-state index contributed by atoms with van der Waals surface area (Å²) in [7, 11) is 0. The zero-order chi connectivity index (χ0) is 13.9. The highest BCUT2D eigenvalue weighted by molar-refractivity contribution is 5.83. The Kier molecular flexibility index (Phi) is 4.16. The van der Waals surface area contributed by atoms with E-state index >= 15 is 0 Å². The molecule has 0 spiro atoms. The van der Waals surface area contributed by atoms with Crippen LogP contribution in [0.15, 0.2) is 0 Å². The highest BCUT2D eigenvalue weighted by Gasteiger charge is 2.42. The number of carbonyl (C=O) groups is 2. The van der Waals surface area contributed by atoms with Crippen LogP contribution in [0.25, 0.3) is 0 Å². The Labute approximate surface area is 115 Å². The number of rotatable bonds is 4. The van der Waals surface area contributed by atoms with E-state index in [0.29, 0.717) is 0 Å². The van der Waals surface area contributed by atoms with Crippen LogP contribution in [0.2, 0.25) is 0 Å². The SMILES string of the molecule is CC1(C(=O)NC2(CC(=O)O)CCCC2)CCCCC1. The minimum absolute atomic E-state index is 0.0643. The van der Waals surface area contributed by atoms with Crippen molar-refractivity contribution in [1.29, 1.82) is 0 Å². The summed E-state index contributed by atoms with van der Waals surface area (Å²) in [6.45, 7) is 2.03. The van der Waals surface area contributed by atoms with Gasteiger partial charge in [0.05, 0.1) is 12.0 Å². The van der Waals surface area contributed by atoms with Crippen LogP contribution in [0, 0.1) is 5.41 Å². The van der Waals surface area contributed by atoms with E-state index in [2.05, 4.69) is 5.32 Å².